The van der Waals surface area contributed by atoms with E-state index in [1.165, 1.54) is 0 Å². The zero-order valence-corrected chi connectivity index (χ0v) is 12.0. The van der Waals surface area contributed by atoms with Crippen LogP contribution in [0.3, 0.4) is 0 Å². The first-order valence-corrected chi connectivity index (χ1v) is 7.42. The van der Waals surface area contributed by atoms with E-state index in [2.05, 4.69) is 25.5 Å². The zero-order valence-electron chi connectivity index (χ0n) is 12.0. The maximum Gasteiger partial charge on any atom is 0.287 e. The molecule has 1 aromatic carbocycles. The Kier molecular flexibility index (Phi) is 3.10. The van der Waals surface area contributed by atoms with Gasteiger partial charge in [0.25, 0.3) is 5.91 Å². The number of rotatable bonds is 2. The van der Waals surface area contributed by atoms with E-state index in [1.54, 1.807) is 6.33 Å². The van der Waals surface area contributed by atoms with Gasteiger partial charge in [0.15, 0.2) is 5.82 Å². The molecular weight excluding hydrogens is 280 g/mol. The number of nitrogens with one attached hydrogen (secondary N) is 2. The molecule has 4 rings (SSSR count). The molecule has 1 aliphatic rings. The number of nitrogens with zero attached hydrogens (tertiary/aromatic N) is 4. The highest BCUT2D eigenvalue weighted by molar-refractivity contribution is 5.94. The molecule has 3 heterocycles. The second-order valence-electron chi connectivity index (χ2n) is 5.54. The molecule has 1 aliphatic heterocycles. The number of fused-ring (bicyclic) bond motifs is 2. The highest BCUT2D eigenvalue weighted by Crippen LogP contribution is 2.14. The summed E-state index contributed by atoms with van der Waals surface area (Å²) in [6.07, 6.45) is 4.31. The SMILES string of the molecule is O=C(NC1CCc2nncn2CC1)c1nc2ccccc2[nH]1. The van der Waals surface area contributed by atoms with Crippen LogP contribution in [-0.4, -0.2) is 36.7 Å². The third-order valence-electron chi connectivity index (χ3n) is 4.07. The average molecular weight is 296 g/mol. The molecule has 22 heavy (non-hydrogen) atoms. The zero-order chi connectivity index (χ0) is 14.9. The number of aryl methyl sites for hydroxylation is 2. The van der Waals surface area contributed by atoms with Gasteiger partial charge >= 0.3 is 0 Å². The maximum absolute atomic E-state index is 12.4. The van der Waals surface area contributed by atoms with Crippen LogP contribution in [0.1, 0.15) is 29.3 Å². The molecule has 0 radical (unpaired) electrons. The van der Waals surface area contributed by atoms with Crippen LogP contribution in [0.2, 0.25) is 0 Å². The Balaban J connectivity index is 1.46. The smallest absolute Gasteiger partial charge is 0.287 e. The summed E-state index contributed by atoms with van der Waals surface area (Å²) >= 11 is 0. The van der Waals surface area contributed by atoms with E-state index >= 15 is 0 Å². The minimum atomic E-state index is -0.154. The van der Waals surface area contributed by atoms with Crippen LogP contribution in [0.5, 0.6) is 0 Å². The summed E-state index contributed by atoms with van der Waals surface area (Å²) in [6.45, 7) is 0.827. The first-order chi connectivity index (χ1) is 10.8. The van der Waals surface area contributed by atoms with E-state index in [1.807, 2.05) is 28.8 Å². The lowest BCUT2D eigenvalue weighted by Gasteiger charge is -2.14. The Morgan fingerprint density at radius 2 is 2.23 bits per heavy atom. The van der Waals surface area contributed by atoms with E-state index in [-0.39, 0.29) is 11.9 Å². The average Bonchev–Trinajstić information content (AvgIpc) is 3.12. The van der Waals surface area contributed by atoms with Gasteiger partial charge in [0.1, 0.15) is 12.2 Å². The lowest BCUT2D eigenvalue weighted by molar-refractivity contribution is 0.0923. The third-order valence-corrected chi connectivity index (χ3v) is 4.07. The van der Waals surface area contributed by atoms with Crippen molar-refractivity contribution in [2.75, 3.05) is 0 Å². The van der Waals surface area contributed by atoms with Crippen LogP contribution in [0, 0.1) is 0 Å². The van der Waals surface area contributed by atoms with Crippen molar-refractivity contribution in [1.29, 1.82) is 0 Å². The number of H-pyrrole nitrogens is 1. The number of aromatic amines is 1. The van der Waals surface area contributed by atoms with Crippen molar-refractivity contribution in [3.8, 4) is 0 Å². The van der Waals surface area contributed by atoms with Crippen LogP contribution < -0.4 is 5.32 Å². The van der Waals surface area contributed by atoms with E-state index in [0.717, 1.165) is 42.7 Å². The summed E-state index contributed by atoms with van der Waals surface area (Å²) in [4.78, 5) is 19.8. The second kappa shape index (κ2) is 5.25. The molecule has 0 bridgehead atoms. The minimum absolute atomic E-state index is 0.127. The lowest BCUT2D eigenvalue weighted by Crippen LogP contribution is -2.35. The molecule has 0 aliphatic carbocycles. The van der Waals surface area contributed by atoms with Gasteiger partial charge in [-0.15, -0.1) is 10.2 Å². The quantitative estimate of drug-likeness (QED) is 0.746. The molecule has 3 aromatic rings. The van der Waals surface area contributed by atoms with Gasteiger partial charge < -0.3 is 14.9 Å². The van der Waals surface area contributed by atoms with Crippen molar-refractivity contribution in [3.05, 3.63) is 42.2 Å². The summed E-state index contributed by atoms with van der Waals surface area (Å²) in [6, 6.07) is 7.76. The van der Waals surface area contributed by atoms with Gasteiger partial charge in [-0.1, -0.05) is 12.1 Å². The molecule has 0 spiro atoms. The van der Waals surface area contributed by atoms with Crippen LogP contribution >= 0.6 is 0 Å². The number of carbonyl (C=O) groups is 1. The van der Waals surface area contributed by atoms with Crippen molar-refractivity contribution >= 4 is 16.9 Å². The first kappa shape index (κ1) is 13.0. The molecule has 112 valence electrons. The number of hydrogen-bond donors (Lipinski definition) is 2. The Morgan fingerprint density at radius 3 is 3.14 bits per heavy atom. The number of benzene rings is 1. The number of carbonyl (C=O) groups excluding carboxylic acids is 1. The summed E-state index contributed by atoms with van der Waals surface area (Å²) in [7, 11) is 0. The standard InChI is InChI=1S/C15H16N6O/c22-15(14-18-11-3-1-2-4-12(11)19-14)17-10-5-6-13-20-16-9-21(13)8-7-10/h1-4,9-10H,5-8H2,(H,17,22)(H,18,19). The first-order valence-electron chi connectivity index (χ1n) is 7.42. The van der Waals surface area contributed by atoms with Gasteiger partial charge in [0, 0.05) is 19.0 Å². The number of aromatic nitrogens is 5. The normalized spacial score (nSPS) is 17.9. The van der Waals surface area contributed by atoms with Crippen LogP contribution in [0.25, 0.3) is 11.0 Å². The van der Waals surface area contributed by atoms with Crippen molar-refractivity contribution in [3.63, 3.8) is 0 Å². The van der Waals surface area contributed by atoms with E-state index < -0.39 is 0 Å². The van der Waals surface area contributed by atoms with Gasteiger partial charge in [-0.2, -0.15) is 0 Å². The second-order valence-corrected chi connectivity index (χ2v) is 5.54. The number of amides is 1. The van der Waals surface area contributed by atoms with Crippen molar-refractivity contribution in [2.45, 2.75) is 31.8 Å². The molecule has 1 unspecified atom stereocenters. The van der Waals surface area contributed by atoms with Crippen LogP contribution in [-0.2, 0) is 13.0 Å². The molecule has 0 saturated heterocycles. The molecule has 1 amide bonds. The van der Waals surface area contributed by atoms with Crippen molar-refractivity contribution < 1.29 is 4.79 Å². The molecular formula is C15H16N6O. The Labute approximate surface area is 126 Å². The monoisotopic (exact) mass is 296 g/mol. The highest BCUT2D eigenvalue weighted by atomic mass is 16.2. The fraction of sp³-hybridized carbons (Fsp3) is 0.333. The van der Waals surface area contributed by atoms with Crippen molar-refractivity contribution in [1.82, 2.24) is 30.0 Å². The minimum Gasteiger partial charge on any atom is -0.347 e. The van der Waals surface area contributed by atoms with Crippen LogP contribution in [0.4, 0.5) is 0 Å². The molecule has 0 fully saturated rings. The highest BCUT2D eigenvalue weighted by Gasteiger charge is 2.20. The predicted octanol–water partition coefficient (Wildman–Crippen LogP) is 1.29. The molecule has 7 heteroatoms. The van der Waals surface area contributed by atoms with E-state index in [9.17, 15) is 4.79 Å². The molecule has 7 nitrogen and oxygen atoms in total. The van der Waals surface area contributed by atoms with Gasteiger partial charge in [-0.05, 0) is 25.0 Å². The third kappa shape index (κ3) is 2.34. The Morgan fingerprint density at radius 1 is 1.32 bits per heavy atom. The predicted molar refractivity (Wildman–Crippen MR) is 80.3 cm³/mol. The van der Waals surface area contributed by atoms with E-state index in [0.29, 0.717) is 5.82 Å². The van der Waals surface area contributed by atoms with Crippen molar-refractivity contribution in [2.24, 2.45) is 0 Å². The largest absolute Gasteiger partial charge is 0.347 e. The molecule has 1 atom stereocenters. The summed E-state index contributed by atoms with van der Waals surface area (Å²) < 4.78 is 2.05. The van der Waals surface area contributed by atoms with Gasteiger partial charge in [0.05, 0.1) is 11.0 Å². The maximum atomic E-state index is 12.4. The Bertz CT molecular complexity index is 765. The number of hydrogen-bond acceptors (Lipinski definition) is 4. The lowest BCUT2D eigenvalue weighted by atomic mass is 10.1. The molecule has 2 aromatic heterocycles. The van der Waals surface area contributed by atoms with Gasteiger partial charge in [0.2, 0.25) is 0 Å². The number of para-hydroxylation sites is 2. The van der Waals surface area contributed by atoms with Crippen LogP contribution in [0.15, 0.2) is 30.6 Å². The molecule has 0 saturated carbocycles. The topological polar surface area (TPSA) is 88.5 Å². The van der Waals surface area contributed by atoms with Gasteiger partial charge in [-0.25, -0.2) is 4.98 Å². The van der Waals surface area contributed by atoms with Gasteiger partial charge in [-0.3, -0.25) is 4.79 Å². The summed E-state index contributed by atoms with van der Waals surface area (Å²) in [5, 5.41) is 11.1. The molecule has 2 N–H and O–H groups in total. The Hall–Kier alpha value is -2.70. The summed E-state index contributed by atoms with van der Waals surface area (Å²) in [5.41, 5.74) is 1.68. The number of imidazole rings is 1. The fourth-order valence-electron chi connectivity index (χ4n) is 2.86. The summed E-state index contributed by atoms with van der Waals surface area (Å²) in [5.74, 6) is 1.20. The fourth-order valence-corrected chi connectivity index (χ4v) is 2.86. The van der Waals surface area contributed by atoms with E-state index in [4.69, 9.17) is 0 Å².